The van der Waals surface area contributed by atoms with Crippen LogP contribution in [0.2, 0.25) is 5.02 Å². The first-order valence-corrected chi connectivity index (χ1v) is 11.3. The predicted octanol–water partition coefficient (Wildman–Crippen LogP) is 3.76. The lowest BCUT2D eigenvalue weighted by Gasteiger charge is -2.09. The Hall–Kier alpha value is -3.82. The molecule has 164 valence electrons. The topological polar surface area (TPSA) is 103 Å². The molecule has 0 atom stereocenters. The Morgan fingerprint density at radius 2 is 2.03 bits per heavy atom. The number of halogens is 1. The minimum atomic E-state index is -0.125. The molecule has 5 aromatic rings. The van der Waals surface area contributed by atoms with Crippen molar-refractivity contribution in [1.82, 2.24) is 19.5 Å². The lowest BCUT2D eigenvalue weighted by Crippen LogP contribution is -2.29. The van der Waals surface area contributed by atoms with Crippen molar-refractivity contribution in [2.75, 3.05) is 11.1 Å². The van der Waals surface area contributed by atoms with Gasteiger partial charge in [-0.1, -0.05) is 57.2 Å². The SMILES string of the molecule is Cn1cnc(-c2cccc(NC(=O)Cc3cccc(Cl)c3)c2)c1-c1csc2ncnc(N)[n+]12. The molecule has 5 rings (SSSR count). The van der Waals surface area contributed by atoms with Crippen LogP contribution < -0.4 is 15.5 Å². The van der Waals surface area contributed by atoms with Gasteiger partial charge >= 0.3 is 5.95 Å². The number of nitrogens with one attached hydrogen (secondary N) is 1. The second-order valence-electron chi connectivity index (χ2n) is 7.46. The fourth-order valence-electron chi connectivity index (χ4n) is 3.71. The third-order valence-corrected chi connectivity index (χ3v) is 6.22. The second kappa shape index (κ2) is 8.61. The molecule has 0 saturated carbocycles. The van der Waals surface area contributed by atoms with E-state index in [4.69, 9.17) is 17.3 Å². The lowest BCUT2D eigenvalue weighted by atomic mass is 10.1. The molecule has 8 nitrogen and oxygen atoms in total. The number of benzene rings is 2. The summed E-state index contributed by atoms with van der Waals surface area (Å²) in [5, 5.41) is 5.55. The molecule has 0 fully saturated rings. The Kier molecular flexibility index (Phi) is 5.49. The van der Waals surface area contributed by atoms with E-state index in [0.717, 1.165) is 33.2 Å². The second-order valence-corrected chi connectivity index (χ2v) is 8.73. The number of rotatable bonds is 5. The number of nitrogens with two attached hydrogens (primary N) is 1. The molecule has 0 saturated heterocycles. The van der Waals surface area contributed by atoms with Gasteiger partial charge in [-0.3, -0.25) is 4.79 Å². The van der Waals surface area contributed by atoms with E-state index in [1.807, 2.05) is 57.8 Å². The van der Waals surface area contributed by atoms with E-state index < -0.39 is 0 Å². The predicted molar refractivity (Wildman–Crippen MR) is 129 cm³/mol. The summed E-state index contributed by atoms with van der Waals surface area (Å²) < 4.78 is 3.74. The van der Waals surface area contributed by atoms with Crippen LogP contribution in [0.3, 0.4) is 0 Å². The minimum Gasteiger partial charge on any atom is -0.331 e. The smallest absolute Gasteiger partial charge is 0.331 e. The number of hydrogen-bond acceptors (Lipinski definition) is 6. The highest BCUT2D eigenvalue weighted by atomic mass is 35.5. The van der Waals surface area contributed by atoms with E-state index in [1.165, 1.54) is 17.7 Å². The fraction of sp³-hybridized carbons (Fsp3) is 0.0870. The zero-order chi connectivity index (χ0) is 22.9. The summed E-state index contributed by atoms with van der Waals surface area (Å²) in [5.74, 6) is 0.227. The van der Waals surface area contributed by atoms with Gasteiger partial charge < -0.3 is 15.6 Å². The number of hydrogen-bond donors (Lipinski definition) is 2. The summed E-state index contributed by atoms with van der Waals surface area (Å²) in [7, 11) is 1.92. The van der Waals surface area contributed by atoms with Crippen molar-refractivity contribution < 1.29 is 9.20 Å². The lowest BCUT2D eigenvalue weighted by molar-refractivity contribution is -0.484. The summed E-state index contributed by atoms with van der Waals surface area (Å²) in [6.45, 7) is 0. The van der Waals surface area contributed by atoms with Gasteiger partial charge in [-0.2, -0.15) is 4.40 Å². The first-order chi connectivity index (χ1) is 16.0. The Morgan fingerprint density at radius 3 is 2.88 bits per heavy atom. The molecular weight excluding hydrogens is 458 g/mol. The highest BCUT2D eigenvalue weighted by molar-refractivity contribution is 7.14. The number of nitrogens with zero attached hydrogens (tertiary/aromatic N) is 5. The van der Waals surface area contributed by atoms with Gasteiger partial charge in [-0.05, 0) is 29.8 Å². The van der Waals surface area contributed by atoms with Gasteiger partial charge in [0.05, 0.1) is 18.4 Å². The Bertz CT molecular complexity index is 1490. The number of thiazole rings is 1. The van der Waals surface area contributed by atoms with Crippen LogP contribution in [0.1, 0.15) is 5.56 Å². The highest BCUT2D eigenvalue weighted by Gasteiger charge is 2.22. The maximum Gasteiger partial charge on any atom is 0.353 e. The zero-order valence-corrected chi connectivity index (χ0v) is 19.1. The maximum absolute atomic E-state index is 12.6. The molecule has 0 spiro atoms. The third kappa shape index (κ3) is 4.15. The van der Waals surface area contributed by atoms with Crippen molar-refractivity contribution in [3.05, 3.63) is 77.2 Å². The molecule has 1 amide bonds. The van der Waals surface area contributed by atoms with Gasteiger partial charge in [0.2, 0.25) is 12.2 Å². The number of aromatic nitrogens is 5. The van der Waals surface area contributed by atoms with Crippen molar-refractivity contribution in [2.45, 2.75) is 6.42 Å². The third-order valence-electron chi connectivity index (χ3n) is 5.15. The largest absolute Gasteiger partial charge is 0.353 e. The van der Waals surface area contributed by atoms with Gasteiger partial charge in [0.1, 0.15) is 11.4 Å². The van der Waals surface area contributed by atoms with Crippen molar-refractivity contribution in [3.8, 4) is 22.6 Å². The number of fused-ring (bicyclic) bond motifs is 1. The number of aryl methyl sites for hydroxylation is 1. The van der Waals surface area contributed by atoms with Crippen molar-refractivity contribution >= 4 is 45.4 Å². The van der Waals surface area contributed by atoms with Crippen molar-refractivity contribution in [1.29, 1.82) is 0 Å². The van der Waals surface area contributed by atoms with E-state index >= 15 is 0 Å². The minimum absolute atomic E-state index is 0.125. The molecule has 0 aliphatic rings. The van der Waals surface area contributed by atoms with Crippen LogP contribution in [0.5, 0.6) is 0 Å². The standard InChI is InChI=1S/C23H18ClN7OS/c1-30-13-28-20(21(30)18-11-33-23-27-12-26-22(25)31(18)23)15-5-3-7-17(10-15)29-19(32)9-14-4-2-6-16(24)8-14/h2-8,10-13,25H,9H2,1H3,(H,29,32)/p+1. The average Bonchev–Trinajstić information content (AvgIpc) is 3.38. The molecule has 3 heterocycles. The summed E-state index contributed by atoms with van der Waals surface area (Å²) in [6.07, 6.45) is 3.43. The number of anilines is 2. The molecule has 0 radical (unpaired) electrons. The molecule has 0 aliphatic carbocycles. The average molecular weight is 477 g/mol. The Balaban J connectivity index is 1.47. The Labute approximate surface area is 198 Å². The molecule has 2 aromatic carbocycles. The van der Waals surface area contributed by atoms with Crippen LogP contribution in [0.4, 0.5) is 11.6 Å². The van der Waals surface area contributed by atoms with Crippen LogP contribution in [0, 0.1) is 0 Å². The van der Waals surface area contributed by atoms with Crippen LogP contribution >= 0.6 is 22.9 Å². The highest BCUT2D eigenvalue weighted by Crippen LogP contribution is 2.32. The van der Waals surface area contributed by atoms with Crippen LogP contribution in [0.25, 0.3) is 27.6 Å². The van der Waals surface area contributed by atoms with Crippen LogP contribution in [-0.2, 0) is 18.3 Å². The first kappa shape index (κ1) is 21.0. The quantitative estimate of drug-likeness (QED) is 0.376. The molecule has 3 aromatic heterocycles. The number of carbonyl (C=O) groups is 1. The first-order valence-electron chi connectivity index (χ1n) is 10.1. The number of imidazole rings is 1. The molecule has 0 aliphatic heterocycles. The summed E-state index contributed by atoms with van der Waals surface area (Å²) in [4.78, 5) is 26.4. The molecule has 0 bridgehead atoms. The maximum atomic E-state index is 12.6. The summed E-state index contributed by atoms with van der Waals surface area (Å²) in [6, 6.07) is 14.9. The Morgan fingerprint density at radius 1 is 1.18 bits per heavy atom. The van der Waals surface area contributed by atoms with E-state index in [1.54, 1.807) is 18.5 Å². The van der Waals surface area contributed by atoms with E-state index in [-0.39, 0.29) is 12.3 Å². The van der Waals surface area contributed by atoms with E-state index in [9.17, 15) is 4.79 Å². The van der Waals surface area contributed by atoms with Gasteiger partial charge in [0.25, 0.3) is 4.96 Å². The molecule has 33 heavy (non-hydrogen) atoms. The number of nitrogen functional groups attached to an aromatic ring is 1. The van der Waals surface area contributed by atoms with Crippen LogP contribution in [0.15, 0.2) is 66.6 Å². The fourth-order valence-corrected chi connectivity index (χ4v) is 4.76. The zero-order valence-electron chi connectivity index (χ0n) is 17.6. The summed E-state index contributed by atoms with van der Waals surface area (Å²) in [5.41, 5.74) is 11.0. The molecule has 10 heteroatoms. The van der Waals surface area contributed by atoms with Crippen molar-refractivity contribution in [3.63, 3.8) is 0 Å². The normalized spacial score (nSPS) is 11.1. The van der Waals surface area contributed by atoms with Gasteiger partial charge in [-0.25, -0.2) is 4.98 Å². The number of carbonyl (C=O) groups excluding carboxylic acids is 1. The van der Waals surface area contributed by atoms with E-state index in [2.05, 4.69) is 20.3 Å². The molecule has 3 N–H and O–H groups in total. The van der Waals surface area contributed by atoms with Gasteiger partial charge in [-0.15, -0.1) is 0 Å². The number of amides is 1. The molecular formula is C23H19ClN7OS+. The van der Waals surface area contributed by atoms with E-state index in [0.29, 0.717) is 16.7 Å². The van der Waals surface area contributed by atoms with Gasteiger partial charge in [0, 0.05) is 28.7 Å². The van der Waals surface area contributed by atoms with Gasteiger partial charge in [0.15, 0.2) is 0 Å². The molecule has 0 unspecified atom stereocenters. The van der Waals surface area contributed by atoms with Crippen molar-refractivity contribution in [2.24, 2.45) is 7.05 Å². The monoisotopic (exact) mass is 476 g/mol. The van der Waals surface area contributed by atoms with Crippen LogP contribution in [-0.4, -0.2) is 25.4 Å². The summed E-state index contributed by atoms with van der Waals surface area (Å²) >= 11 is 7.50.